The molecule has 1 aromatic carbocycles. The van der Waals surface area contributed by atoms with Crippen LogP contribution in [0.4, 0.5) is 5.69 Å². The van der Waals surface area contributed by atoms with E-state index in [1.807, 2.05) is 0 Å². The number of primary amides is 1. The minimum Gasteiger partial charge on any atom is -0.456 e. The molecule has 0 fully saturated rings. The van der Waals surface area contributed by atoms with Crippen LogP contribution in [0, 0.1) is 10.1 Å². The van der Waals surface area contributed by atoms with Crippen molar-refractivity contribution in [3.8, 4) is 11.5 Å². The monoisotopic (exact) mass is 259 g/mol. The van der Waals surface area contributed by atoms with Crippen molar-refractivity contribution in [3.63, 3.8) is 0 Å². The molecule has 2 aromatic rings. The van der Waals surface area contributed by atoms with E-state index in [1.54, 1.807) is 0 Å². The number of non-ortho nitro benzene ring substituents is 1. The van der Waals surface area contributed by atoms with E-state index in [9.17, 15) is 14.9 Å². The van der Waals surface area contributed by atoms with Gasteiger partial charge in [-0.25, -0.2) is 0 Å². The summed E-state index contributed by atoms with van der Waals surface area (Å²) in [6.45, 7) is 0. The Hall–Kier alpha value is -2.96. The normalized spacial score (nSPS) is 9.89. The minimum atomic E-state index is -0.610. The number of carbonyl (C=O) groups is 1. The lowest BCUT2D eigenvalue weighted by Crippen LogP contribution is -2.11. The number of benzene rings is 1. The second kappa shape index (κ2) is 5.13. The predicted molar refractivity (Wildman–Crippen MR) is 65.9 cm³/mol. The number of hydrogen-bond acceptors (Lipinski definition) is 5. The van der Waals surface area contributed by atoms with E-state index in [1.165, 1.54) is 42.7 Å². The average Bonchev–Trinajstić information content (AvgIpc) is 2.39. The number of hydrogen-bond donors (Lipinski definition) is 1. The van der Waals surface area contributed by atoms with Crippen molar-refractivity contribution >= 4 is 11.6 Å². The van der Waals surface area contributed by atoms with Gasteiger partial charge in [-0.05, 0) is 18.2 Å². The van der Waals surface area contributed by atoms with Crippen molar-refractivity contribution in [2.45, 2.75) is 0 Å². The standard InChI is InChI=1S/C12H9N3O4/c13-12(16)8-5-11(7-14-6-8)19-10-3-1-9(2-4-10)15(17)18/h1-7H,(H2,13,16). The molecule has 0 aliphatic rings. The third-order valence-electron chi connectivity index (χ3n) is 2.28. The molecule has 7 heteroatoms. The zero-order chi connectivity index (χ0) is 13.8. The fraction of sp³-hybridized carbons (Fsp3) is 0. The minimum absolute atomic E-state index is 0.0311. The van der Waals surface area contributed by atoms with Crippen molar-refractivity contribution in [2.24, 2.45) is 5.73 Å². The SMILES string of the molecule is NC(=O)c1cncc(Oc2ccc([N+](=O)[O-])cc2)c1. The molecule has 0 saturated heterocycles. The van der Waals surface area contributed by atoms with Gasteiger partial charge in [0.1, 0.15) is 11.5 Å². The Kier molecular flexibility index (Phi) is 3.37. The second-order valence-corrected chi connectivity index (χ2v) is 3.63. The summed E-state index contributed by atoms with van der Waals surface area (Å²) in [4.78, 5) is 24.8. The summed E-state index contributed by atoms with van der Waals surface area (Å²) in [6, 6.07) is 6.99. The van der Waals surface area contributed by atoms with E-state index < -0.39 is 10.8 Å². The predicted octanol–water partition coefficient (Wildman–Crippen LogP) is 1.88. The molecule has 7 nitrogen and oxygen atoms in total. The largest absolute Gasteiger partial charge is 0.456 e. The highest BCUT2D eigenvalue weighted by Gasteiger charge is 2.07. The first kappa shape index (κ1) is 12.5. The highest BCUT2D eigenvalue weighted by atomic mass is 16.6. The van der Waals surface area contributed by atoms with Crippen LogP contribution in [0.1, 0.15) is 10.4 Å². The van der Waals surface area contributed by atoms with Gasteiger partial charge in [0.15, 0.2) is 0 Å². The number of nitro groups is 1. The quantitative estimate of drug-likeness (QED) is 0.666. The topological polar surface area (TPSA) is 108 Å². The number of amides is 1. The summed E-state index contributed by atoms with van der Waals surface area (Å²) >= 11 is 0. The van der Waals surface area contributed by atoms with E-state index >= 15 is 0 Å². The molecule has 2 N–H and O–H groups in total. The van der Waals surface area contributed by atoms with Gasteiger partial charge >= 0.3 is 0 Å². The van der Waals surface area contributed by atoms with Crippen molar-refractivity contribution in [1.82, 2.24) is 4.98 Å². The van der Waals surface area contributed by atoms with Gasteiger partial charge in [0, 0.05) is 18.3 Å². The van der Waals surface area contributed by atoms with E-state index in [0.717, 1.165) is 0 Å². The summed E-state index contributed by atoms with van der Waals surface area (Å²) in [7, 11) is 0. The molecule has 0 spiro atoms. The van der Waals surface area contributed by atoms with Gasteiger partial charge in [0.25, 0.3) is 5.69 Å². The lowest BCUT2D eigenvalue weighted by Gasteiger charge is -2.05. The first-order valence-electron chi connectivity index (χ1n) is 5.23. The first-order valence-corrected chi connectivity index (χ1v) is 5.23. The fourth-order valence-corrected chi connectivity index (χ4v) is 1.38. The number of nitro benzene ring substituents is 1. The maximum atomic E-state index is 11.0. The van der Waals surface area contributed by atoms with Crippen LogP contribution in [0.3, 0.4) is 0 Å². The van der Waals surface area contributed by atoms with E-state index in [-0.39, 0.29) is 11.3 Å². The third kappa shape index (κ3) is 3.03. The molecule has 1 aromatic heterocycles. The van der Waals surface area contributed by atoms with Crippen LogP contribution >= 0.6 is 0 Å². The summed E-state index contributed by atoms with van der Waals surface area (Å²) in [6.07, 6.45) is 2.74. The average molecular weight is 259 g/mol. The second-order valence-electron chi connectivity index (χ2n) is 3.63. The summed E-state index contributed by atoms with van der Waals surface area (Å²) in [5.74, 6) is 0.112. The van der Waals surface area contributed by atoms with Gasteiger partial charge in [0.2, 0.25) is 5.91 Å². The molecule has 0 radical (unpaired) electrons. The Morgan fingerprint density at radius 1 is 1.21 bits per heavy atom. The van der Waals surface area contributed by atoms with E-state index in [4.69, 9.17) is 10.5 Å². The van der Waals surface area contributed by atoms with Crippen molar-refractivity contribution in [3.05, 3.63) is 58.4 Å². The molecule has 2 rings (SSSR count). The lowest BCUT2D eigenvalue weighted by molar-refractivity contribution is -0.384. The Morgan fingerprint density at radius 3 is 2.47 bits per heavy atom. The fourth-order valence-electron chi connectivity index (χ4n) is 1.38. The number of ether oxygens (including phenoxy) is 1. The van der Waals surface area contributed by atoms with Crippen molar-refractivity contribution in [1.29, 1.82) is 0 Å². The lowest BCUT2D eigenvalue weighted by atomic mass is 10.2. The van der Waals surface area contributed by atoms with Gasteiger partial charge in [-0.3, -0.25) is 19.9 Å². The Balaban J connectivity index is 2.19. The Labute approximate surface area is 107 Å². The van der Waals surface area contributed by atoms with Gasteiger partial charge in [-0.2, -0.15) is 0 Å². The maximum Gasteiger partial charge on any atom is 0.269 e. The summed E-state index contributed by atoms with van der Waals surface area (Å²) in [5, 5.41) is 10.5. The summed E-state index contributed by atoms with van der Waals surface area (Å²) < 4.78 is 5.41. The number of nitrogens with two attached hydrogens (primary N) is 1. The third-order valence-corrected chi connectivity index (χ3v) is 2.28. The van der Waals surface area contributed by atoms with Crippen molar-refractivity contribution in [2.75, 3.05) is 0 Å². The molecule has 1 heterocycles. The van der Waals surface area contributed by atoms with E-state index in [0.29, 0.717) is 11.5 Å². The van der Waals surface area contributed by atoms with Gasteiger partial charge in [-0.1, -0.05) is 0 Å². The van der Waals surface area contributed by atoms with Crippen LogP contribution in [0.5, 0.6) is 11.5 Å². The maximum absolute atomic E-state index is 11.0. The molecule has 19 heavy (non-hydrogen) atoms. The molecule has 96 valence electrons. The highest BCUT2D eigenvalue weighted by molar-refractivity contribution is 5.92. The molecule has 0 bridgehead atoms. The highest BCUT2D eigenvalue weighted by Crippen LogP contribution is 2.23. The van der Waals surface area contributed by atoms with Gasteiger partial charge in [-0.15, -0.1) is 0 Å². The molecule has 0 unspecified atom stereocenters. The molecule has 0 atom stereocenters. The van der Waals surface area contributed by atoms with Crippen LogP contribution in [-0.4, -0.2) is 15.8 Å². The first-order chi connectivity index (χ1) is 9.06. The van der Waals surface area contributed by atoms with Crippen LogP contribution in [0.25, 0.3) is 0 Å². The number of rotatable bonds is 4. The van der Waals surface area contributed by atoms with Crippen molar-refractivity contribution < 1.29 is 14.5 Å². The number of aromatic nitrogens is 1. The zero-order valence-electron chi connectivity index (χ0n) is 9.65. The van der Waals surface area contributed by atoms with Crippen LogP contribution in [-0.2, 0) is 0 Å². The molecule has 0 saturated carbocycles. The van der Waals surface area contributed by atoms with Crippen LogP contribution in [0.2, 0.25) is 0 Å². The Morgan fingerprint density at radius 2 is 1.89 bits per heavy atom. The van der Waals surface area contributed by atoms with E-state index in [2.05, 4.69) is 4.98 Å². The molecular weight excluding hydrogens is 250 g/mol. The molecular formula is C12H9N3O4. The number of pyridine rings is 1. The number of carbonyl (C=O) groups excluding carboxylic acids is 1. The van der Waals surface area contributed by atoms with Gasteiger partial charge < -0.3 is 10.5 Å². The zero-order valence-corrected chi connectivity index (χ0v) is 9.65. The van der Waals surface area contributed by atoms with Gasteiger partial charge in [0.05, 0.1) is 16.7 Å². The number of nitrogens with zero attached hydrogens (tertiary/aromatic N) is 2. The molecule has 1 amide bonds. The Bertz CT molecular complexity index is 625. The smallest absolute Gasteiger partial charge is 0.269 e. The summed E-state index contributed by atoms with van der Waals surface area (Å²) in [5.41, 5.74) is 5.31. The van der Waals surface area contributed by atoms with Crippen LogP contribution < -0.4 is 10.5 Å². The molecule has 0 aliphatic carbocycles. The molecule has 0 aliphatic heterocycles. The van der Waals surface area contributed by atoms with Crippen LogP contribution in [0.15, 0.2) is 42.7 Å².